The first-order valence-corrected chi connectivity index (χ1v) is 27.6. The van der Waals surface area contributed by atoms with Crippen molar-refractivity contribution in [2.45, 2.75) is 335 Å². The Morgan fingerprint density at radius 3 is 0.900 bits per heavy atom. The summed E-state index contributed by atoms with van der Waals surface area (Å²) in [5, 5.41) is 3.98. The molecule has 0 fully saturated rings. The molecular weight excluding hydrogens is 739 g/mol. The van der Waals surface area contributed by atoms with E-state index in [4.69, 9.17) is 9.47 Å². The van der Waals surface area contributed by atoms with Gasteiger partial charge in [0.1, 0.15) is 12.2 Å². The molecule has 5 nitrogen and oxygen atoms in total. The third-order valence-electron chi connectivity index (χ3n) is 12.9. The van der Waals surface area contributed by atoms with Gasteiger partial charge < -0.3 is 14.8 Å². The standard InChI is InChI=1S/C55H109NO4/c1-6-11-16-21-22-27-32-41-50-56-51(42-33-28-23-25-30-39-48-54(57)59-52(44-35-17-12-7-2)45-36-18-13-8-3)43-34-29-24-26-31-40-49-55(58)60-53(46-37-19-14-9-4)47-38-20-15-10-5/h51-53,56H,6-50H2,1-5H3. The Morgan fingerprint density at radius 1 is 0.317 bits per heavy atom. The van der Waals surface area contributed by atoms with Crippen molar-refractivity contribution in [2.24, 2.45) is 0 Å². The first-order valence-electron chi connectivity index (χ1n) is 27.6. The minimum atomic E-state index is 0.0430. The van der Waals surface area contributed by atoms with Crippen molar-refractivity contribution in [3.05, 3.63) is 0 Å². The van der Waals surface area contributed by atoms with Gasteiger partial charge in [-0.05, 0) is 90.0 Å². The molecule has 0 aromatic rings. The Labute approximate surface area is 377 Å². The zero-order valence-electron chi connectivity index (χ0n) is 41.7. The second-order valence-corrected chi connectivity index (χ2v) is 19.1. The maximum atomic E-state index is 12.7. The van der Waals surface area contributed by atoms with Crippen LogP contribution in [0.4, 0.5) is 0 Å². The molecule has 0 rings (SSSR count). The van der Waals surface area contributed by atoms with E-state index in [0.29, 0.717) is 18.9 Å². The number of carbonyl (C=O) groups excluding carboxylic acids is 2. The summed E-state index contributed by atoms with van der Waals surface area (Å²) in [4.78, 5) is 25.4. The van der Waals surface area contributed by atoms with Gasteiger partial charge in [0, 0.05) is 18.9 Å². The lowest BCUT2D eigenvalue weighted by atomic mass is 9.99. The molecule has 5 heteroatoms. The number of carbonyl (C=O) groups is 2. The van der Waals surface area contributed by atoms with Crippen LogP contribution in [0.1, 0.15) is 317 Å². The zero-order valence-corrected chi connectivity index (χ0v) is 41.7. The predicted octanol–water partition coefficient (Wildman–Crippen LogP) is 18.0. The maximum Gasteiger partial charge on any atom is 0.306 e. The lowest BCUT2D eigenvalue weighted by molar-refractivity contribution is -0.151. The number of nitrogens with one attached hydrogen (secondary N) is 1. The Bertz CT molecular complexity index is 781. The monoisotopic (exact) mass is 848 g/mol. The summed E-state index contributed by atoms with van der Waals surface area (Å²) in [7, 11) is 0. The van der Waals surface area contributed by atoms with Crippen molar-refractivity contribution in [3.63, 3.8) is 0 Å². The molecule has 0 aliphatic heterocycles. The lowest BCUT2D eigenvalue weighted by Crippen LogP contribution is -2.30. The topological polar surface area (TPSA) is 64.6 Å². The van der Waals surface area contributed by atoms with Gasteiger partial charge in [-0.15, -0.1) is 0 Å². The van der Waals surface area contributed by atoms with Crippen LogP contribution < -0.4 is 5.32 Å². The van der Waals surface area contributed by atoms with Crippen LogP contribution in [0.25, 0.3) is 0 Å². The molecule has 0 radical (unpaired) electrons. The van der Waals surface area contributed by atoms with Crippen LogP contribution in [-0.2, 0) is 19.1 Å². The molecule has 60 heavy (non-hydrogen) atoms. The molecule has 0 bridgehead atoms. The number of unbranched alkanes of at least 4 members (excludes halogenated alkanes) is 29. The van der Waals surface area contributed by atoms with Gasteiger partial charge in [-0.2, -0.15) is 0 Å². The van der Waals surface area contributed by atoms with Crippen molar-refractivity contribution in [1.82, 2.24) is 5.32 Å². The largest absolute Gasteiger partial charge is 0.462 e. The second kappa shape index (κ2) is 48.9. The highest BCUT2D eigenvalue weighted by atomic mass is 16.5. The van der Waals surface area contributed by atoms with Crippen LogP contribution in [0.15, 0.2) is 0 Å². The Hall–Kier alpha value is -1.10. The molecule has 0 spiro atoms. The van der Waals surface area contributed by atoms with E-state index in [1.165, 1.54) is 225 Å². The SMILES string of the molecule is CCCCCCCCCCNC(CCCCCCCCC(=O)OC(CCCCCC)CCCCCC)CCCCCCCCC(=O)OC(CCCCCC)CCCCCC. The van der Waals surface area contributed by atoms with E-state index in [1.807, 2.05) is 0 Å². The molecule has 358 valence electrons. The predicted molar refractivity (Wildman–Crippen MR) is 263 cm³/mol. The van der Waals surface area contributed by atoms with Gasteiger partial charge in [0.2, 0.25) is 0 Å². The molecule has 0 unspecified atom stereocenters. The van der Waals surface area contributed by atoms with Gasteiger partial charge in [-0.3, -0.25) is 9.59 Å². The van der Waals surface area contributed by atoms with E-state index >= 15 is 0 Å². The van der Waals surface area contributed by atoms with Crippen molar-refractivity contribution in [2.75, 3.05) is 6.54 Å². The number of ether oxygens (including phenoxy) is 2. The number of rotatable bonds is 50. The van der Waals surface area contributed by atoms with Gasteiger partial charge in [-0.1, -0.05) is 221 Å². The fourth-order valence-electron chi connectivity index (χ4n) is 8.86. The molecule has 0 heterocycles. The first kappa shape index (κ1) is 58.9. The number of hydrogen-bond acceptors (Lipinski definition) is 5. The van der Waals surface area contributed by atoms with Crippen LogP contribution in [0.5, 0.6) is 0 Å². The fourth-order valence-corrected chi connectivity index (χ4v) is 8.86. The molecule has 0 aromatic heterocycles. The average Bonchev–Trinajstić information content (AvgIpc) is 3.24. The normalized spacial score (nSPS) is 11.7. The van der Waals surface area contributed by atoms with Crippen molar-refractivity contribution in [3.8, 4) is 0 Å². The minimum absolute atomic E-state index is 0.0430. The lowest BCUT2D eigenvalue weighted by Gasteiger charge is -2.19. The summed E-state index contributed by atoms with van der Waals surface area (Å²) in [6.07, 6.45) is 53.7. The van der Waals surface area contributed by atoms with Crippen LogP contribution in [0.3, 0.4) is 0 Å². The van der Waals surface area contributed by atoms with E-state index in [-0.39, 0.29) is 24.1 Å². The smallest absolute Gasteiger partial charge is 0.306 e. The first-order chi connectivity index (χ1) is 29.5. The molecule has 0 amide bonds. The van der Waals surface area contributed by atoms with Crippen molar-refractivity contribution in [1.29, 1.82) is 0 Å². The van der Waals surface area contributed by atoms with Gasteiger partial charge in [0.25, 0.3) is 0 Å². The molecule has 1 N–H and O–H groups in total. The summed E-state index contributed by atoms with van der Waals surface area (Å²) >= 11 is 0. The Morgan fingerprint density at radius 2 is 0.567 bits per heavy atom. The summed E-state index contributed by atoms with van der Waals surface area (Å²) in [5.74, 6) is 0.0859. The molecular formula is C55H109NO4. The van der Waals surface area contributed by atoms with E-state index in [1.54, 1.807) is 0 Å². The third kappa shape index (κ3) is 43.5. The minimum Gasteiger partial charge on any atom is -0.462 e. The highest BCUT2D eigenvalue weighted by Crippen LogP contribution is 2.20. The molecule has 0 saturated carbocycles. The third-order valence-corrected chi connectivity index (χ3v) is 12.9. The number of hydrogen-bond donors (Lipinski definition) is 1. The van der Waals surface area contributed by atoms with Crippen LogP contribution in [0.2, 0.25) is 0 Å². The molecule has 0 saturated heterocycles. The van der Waals surface area contributed by atoms with Gasteiger partial charge >= 0.3 is 11.9 Å². The zero-order chi connectivity index (χ0) is 43.8. The summed E-state index contributed by atoms with van der Waals surface area (Å²) in [6.45, 7) is 12.5. The molecule has 0 aromatic carbocycles. The summed E-state index contributed by atoms with van der Waals surface area (Å²) in [5.41, 5.74) is 0. The van der Waals surface area contributed by atoms with Crippen molar-refractivity contribution < 1.29 is 19.1 Å². The van der Waals surface area contributed by atoms with E-state index in [2.05, 4.69) is 39.9 Å². The highest BCUT2D eigenvalue weighted by molar-refractivity contribution is 5.69. The molecule has 0 aliphatic carbocycles. The fraction of sp³-hybridized carbons (Fsp3) is 0.964. The molecule has 0 atom stereocenters. The van der Waals surface area contributed by atoms with E-state index < -0.39 is 0 Å². The average molecular weight is 848 g/mol. The van der Waals surface area contributed by atoms with E-state index in [9.17, 15) is 9.59 Å². The Balaban J connectivity index is 4.44. The highest BCUT2D eigenvalue weighted by Gasteiger charge is 2.16. The summed E-state index contributed by atoms with van der Waals surface area (Å²) < 4.78 is 12.0. The Kier molecular flexibility index (Phi) is 48.0. The van der Waals surface area contributed by atoms with E-state index in [0.717, 1.165) is 51.4 Å². The number of esters is 2. The molecule has 0 aliphatic rings. The maximum absolute atomic E-state index is 12.7. The van der Waals surface area contributed by atoms with Crippen LogP contribution in [-0.4, -0.2) is 36.7 Å². The van der Waals surface area contributed by atoms with Crippen molar-refractivity contribution >= 4 is 11.9 Å². The van der Waals surface area contributed by atoms with Gasteiger partial charge in [0.15, 0.2) is 0 Å². The second-order valence-electron chi connectivity index (χ2n) is 19.1. The van der Waals surface area contributed by atoms with Crippen LogP contribution >= 0.6 is 0 Å². The van der Waals surface area contributed by atoms with Gasteiger partial charge in [-0.25, -0.2) is 0 Å². The quantitative estimate of drug-likeness (QED) is 0.0488. The summed E-state index contributed by atoms with van der Waals surface area (Å²) in [6, 6.07) is 0.646. The van der Waals surface area contributed by atoms with Crippen LogP contribution in [0, 0.1) is 0 Å². The van der Waals surface area contributed by atoms with Gasteiger partial charge in [0.05, 0.1) is 0 Å².